The van der Waals surface area contributed by atoms with Crippen LogP contribution in [0.1, 0.15) is 13.8 Å². The second-order valence-corrected chi connectivity index (χ2v) is 5.35. The largest absolute Gasteiger partial charge is 0.496 e. The van der Waals surface area contributed by atoms with E-state index >= 15 is 0 Å². The molecule has 3 aromatic rings. The summed E-state index contributed by atoms with van der Waals surface area (Å²) in [5, 5.41) is 1.25. The molecule has 3 nitrogen and oxygen atoms in total. The minimum atomic E-state index is -0.150. The highest BCUT2D eigenvalue weighted by Crippen LogP contribution is 2.32. The zero-order valence-electron chi connectivity index (χ0n) is 11.9. The van der Waals surface area contributed by atoms with Crippen LogP contribution in [0.2, 0.25) is 5.02 Å². The number of halogens is 2. The number of fused-ring (bicyclic) bond motifs is 2. The Morgan fingerprint density at radius 1 is 1.19 bits per heavy atom. The third-order valence-electron chi connectivity index (χ3n) is 2.92. The molecular formula is C16H14BrClO3. The van der Waals surface area contributed by atoms with Crippen LogP contribution in [0, 0.1) is 0 Å². The van der Waals surface area contributed by atoms with Gasteiger partial charge in [-0.05, 0) is 30.3 Å². The highest BCUT2D eigenvalue weighted by Gasteiger charge is 2.14. The second kappa shape index (κ2) is 6.50. The van der Waals surface area contributed by atoms with Crippen molar-refractivity contribution < 1.29 is 9.15 Å². The first-order valence-corrected chi connectivity index (χ1v) is 7.67. The van der Waals surface area contributed by atoms with E-state index in [-0.39, 0.29) is 5.43 Å². The fourth-order valence-electron chi connectivity index (χ4n) is 2.04. The predicted octanol–water partition coefficient (Wildman–Crippen LogP) is 5.40. The van der Waals surface area contributed by atoms with E-state index in [0.29, 0.717) is 32.7 Å². The Kier molecular flexibility index (Phi) is 4.91. The van der Waals surface area contributed by atoms with Crippen molar-refractivity contribution in [1.82, 2.24) is 0 Å². The summed E-state index contributed by atoms with van der Waals surface area (Å²) in [6.07, 6.45) is 0. The molecule has 110 valence electrons. The summed E-state index contributed by atoms with van der Waals surface area (Å²) in [4.78, 5) is 12.5. The maximum absolute atomic E-state index is 12.5. The monoisotopic (exact) mass is 368 g/mol. The second-order valence-electron chi connectivity index (χ2n) is 4.03. The zero-order chi connectivity index (χ0) is 15.6. The summed E-state index contributed by atoms with van der Waals surface area (Å²) in [5.41, 5.74) is 0.682. The van der Waals surface area contributed by atoms with Gasteiger partial charge in [-0.1, -0.05) is 41.4 Å². The number of methoxy groups -OCH3 is 1. The van der Waals surface area contributed by atoms with E-state index in [9.17, 15) is 4.79 Å². The van der Waals surface area contributed by atoms with Crippen LogP contribution >= 0.6 is 27.5 Å². The zero-order valence-corrected chi connectivity index (χ0v) is 14.2. The number of hydrogen-bond donors (Lipinski definition) is 0. The third kappa shape index (κ3) is 2.78. The Balaban J connectivity index is 0.000000774. The quantitative estimate of drug-likeness (QED) is 0.539. The smallest absolute Gasteiger partial charge is 0.204 e. The Labute approximate surface area is 135 Å². The van der Waals surface area contributed by atoms with Crippen LogP contribution in [0.15, 0.2) is 44.0 Å². The molecule has 0 N–H and O–H groups in total. The molecule has 0 radical (unpaired) electrons. The Hall–Kier alpha value is -1.52. The van der Waals surface area contributed by atoms with Crippen LogP contribution in [-0.2, 0) is 0 Å². The molecule has 0 fully saturated rings. The van der Waals surface area contributed by atoms with Crippen LogP contribution in [0.25, 0.3) is 21.9 Å². The van der Waals surface area contributed by atoms with Crippen LogP contribution in [0.4, 0.5) is 0 Å². The standard InChI is InChI=1S/C14H8BrClO3.C2H6/c1-18-10-5-4-9(16)14-12(10)13(17)8-3-2-7(15)6-11(8)19-14;1-2/h2-6H,1H3;1-2H3. The molecule has 1 heterocycles. The lowest BCUT2D eigenvalue weighted by Gasteiger charge is -2.07. The van der Waals surface area contributed by atoms with E-state index in [1.807, 2.05) is 13.8 Å². The Morgan fingerprint density at radius 2 is 1.90 bits per heavy atom. The molecule has 0 amide bonds. The van der Waals surface area contributed by atoms with Gasteiger partial charge in [0.15, 0.2) is 5.58 Å². The molecule has 0 saturated carbocycles. The molecular weight excluding hydrogens is 356 g/mol. The number of rotatable bonds is 1. The van der Waals surface area contributed by atoms with E-state index in [2.05, 4.69) is 15.9 Å². The molecule has 0 aliphatic heterocycles. The van der Waals surface area contributed by atoms with Crippen molar-refractivity contribution in [2.75, 3.05) is 7.11 Å². The summed E-state index contributed by atoms with van der Waals surface area (Å²) >= 11 is 9.45. The van der Waals surface area contributed by atoms with Gasteiger partial charge < -0.3 is 9.15 Å². The van der Waals surface area contributed by atoms with Crippen LogP contribution in [0.3, 0.4) is 0 Å². The molecule has 21 heavy (non-hydrogen) atoms. The lowest BCUT2D eigenvalue weighted by Crippen LogP contribution is -2.04. The third-order valence-corrected chi connectivity index (χ3v) is 3.71. The summed E-state index contributed by atoms with van der Waals surface area (Å²) in [6, 6.07) is 8.56. The van der Waals surface area contributed by atoms with Gasteiger partial charge in [0.25, 0.3) is 0 Å². The number of hydrogen-bond acceptors (Lipinski definition) is 3. The predicted molar refractivity (Wildman–Crippen MR) is 90.6 cm³/mol. The van der Waals surface area contributed by atoms with Crippen molar-refractivity contribution in [2.45, 2.75) is 13.8 Å². The van der Waals surface area contributed by atoms with Crippen molar-refractivity contribution in [3.05, 3.63) is 50.1 Å². The van der Waals surface area contributed by atoms with Gasteiger partial charge in [-0.2, -0.15) is 0 Å². The molecule has 5 heteroatoms. The van der Waals surface area contributed by atoms with E-state index < -0.39 is 0 Å². The van der Waals surface area contributed by atoms with Crippen molar-refractivity contribution in [1.29, 1.82) is 0 Å². The molecule has 0 aliphatic rings. The van der Waals surface area contributed by atoms with Crippen LogP contribution in [-0.4, -0.2) is 7.11 Å². The van der Waals surface area contributed by atoms with Gasteiger partial charge in [0.1, 0.15) is 16.7 Å². The summed E-state index contributed by atoms with van der Waals surface area (Å²) in [6.45, 7) is 4.00. The lowest BCUT2D eigenvalue weighted by atomic mass is 10.1. The molecule has 0 atom stereocenters. The maximum atomic E-state index is 12.5. The molecule has 2 aromatic carbocycles. The maximum Gasteiger partial charge on any atom is 0.204 e. The molecule has 0 bridgehead atoms. The number of benzene rings is 2. The van der Waals surface area contributed by atoms with Gasteiger partial charge in [-0.15, -0.1) is 0 Å². The van der Waals surface area contributed by atoms with Gasteiger partial charge in [-0.25, -0.2) is 0 Å². The fourth-order valence-corrected chi connectivity index (χ4v) is 2.57. The van der Waals surface area contributed by atoms with Gasteiger partial charge >= 0.3 is 0 Å². The fraction of sp³-hybridized carbons (Fsp3) is 0.188. The number of ether oxygens (including phenoxy) is 1. The topological polar surface area (TPSA) is 39.4 Å². The highest BCUT2D eigenvalue weighted by atomic mass is 79.9. The van der Waals surface area contributed by atoms with Crippen molar-refractivity contribution in [2.24, 2.45) is 0 Å². The average molecular weight is 370 g/mol. The van der Waals surface area contributed by atoms with Gasteiger partial charge in [0.2, 0.25) is 5.43 Å². The van der Waals surface area contributed by atoms with Crippen LogP contribution < -0.4 is 10.2 Å². The van der Waals surface area contributed by atoms with Crippen LogP contribution in [0.5, 0.6) is 5.75 Å². The van der Waals surface area contributed by atoms with E-state index in [4.69, 9.17) is 20.8 Å². The Bertz CT molecular complexity index is 855. The van der Waals surface area contributed by atoms with E-state index in [1.165, 1.54) is 7.11 Å². The first-order valence-electron chi connectivity index (χ1n) is 6.50. The summed E-state index contributed by atoms with van der Waals surface area (Å²) < 4.78 is 11.8. The molecule has 3 rings (SSSR count). The molecule has 1 aromatic heterocycles. The van der Waals surface area contributed by atoms with E-state index in [0.717, 1.165) is 4.47 Å². The lowest BCUT2D eigenvalue weighted by molar-refractivity contribution is 0.419. The first-order chi connectivity index (χ1) is 10.1. The average Bonchev–Trinajstić information content (AvgIpc) is 2.50. The minimum Gasteiger partial charge on any atom is -0.496 e. The first kappa shape index (κ1) is 15.9. The Morgan fingerprint density at radius 3 is 2.57 bits per heavy atom. The summed E-state index contributed by atoms with van der Waals surface area (Å²) in [7, 11) is 1.51. The minimum absolute atomic E-state index is 0.150. The van der Waals surface area contributed by atoms with Crippen molar-refractivity contribution in [3.8, 4) is 5.75 Å². The normalized spacial score (nSPS) is 10.3. The summed E-state index contributed by atoms with van der Waals surface area (Å²) in [5.74, 6) is 0.456. The SMILES string of the molecule is CC.COc1ccc(Cl)c2oc3cc(Br)ccc3c(=O)c12. The van der Waals surface area contributed by atoms with Crippen molar-refractivity contribution >= 4 is 49.5 Å². The van der Waals surface area contributed by atoms with E-state index in [1.54, 1.807) is 30.3 Å². The van der Waals surface area contributed by atoms with Gasteiger partial charge in [0, 0.05) is 4.47 Å². The molecule has 0 unspecified atom stereocenters. The molecule has 0 aliphatic carbocycles. The molecule has 0 spiro atoms. The molecule has 0 saturated heterocycles. The van der Waals surface area contributed by atoms with Gasteiger partial charge in [0.05, 0.1) is 17.5 Å². The highest BCUT2D eigenvalue weighted by molar-refractivity contribution is 9.10. The van der Waals surface area contributed by atoms with Crippen molar-refractivity contribution in [3.63, 3.8) is 0 Å². The van der Waals surface area contributed by atoms with Gasteiger partial charge in [-0.3, -0.25) is 4.79 Å².